The first-order valence-corrected chi connectivity index (χ1v) is 7.32. The molecule has 1 aliphatic rings. The highest BCUT2D eigenvalue weighted by Gasteiger charge is 2.15. The van der Waals surface area contributed by atoms with Crippen molar-refractivity contribution < 1.29 is 4.42 Å². The molecule has 2 heterocycles. The number of hydrogen-bond donors (Lipinski definition) is 0. The van der Waals surface area contributed by atoms with Gasteiger partial charge in [-0.3, -0.25) is 4.99 Å². The predicted molar refractivity (Wildman–Crippen MR) is 83.9 cm³/mol. The molecule has 5 heteroatoms. The van der Waals surface area contributed by atoms with Crippen molar-refractivity contribution in [1.82, 2.24) is 0 Å². The summed E-state index contributed by atoms with van der Waals surface area (Å²) in [6.45, 7) is 2.13. The van der Waals surface area contributed by atoms with Crippen LogP contribution in [0.5, 0.6) is 0 Å². The average Bonchev–Trinajstić information content (AvgIpc) is 3.08. The second-order valence-corrected chi connectivity index (χ2v) is 5.57. The molecule has 0 atom stereocenters. The summed E-state index contributed by atoms with van der Waals surface area (Å²) in [6, 6.07) is 9.12. The molecule has 0 bridgehead atoms. The number of nitrogens with zero attached hydrogens (tertiary/aromatic N) is 2. The van der Waals surface area contributed by atoms with Gasteiger partial charge in [-0.15, -0.1) is 0 Å². The van der Waals surface area contributed by atoms with Crippen molar-refractivity contribution in [3.8, 4) is 0 Å². The van der Waals surface area contributed by atoms with E-state index in [1.165, 1.54) is 12.8 Å². The topological polar surface area (TPSA) is 28.7 Å². The Kier molecular flexibility index (Phi) is 3.99. The van der Waals surface area contributed by atoms with Crippen LogP contribution in [-0.4, -0.2) is 19.3 Å². The number of hydrogen-bond acceptors (Lipinski definition) is 3. The highest BCUT2D eigenvalue weighted by molar-refractivity contribution is 6.36. The standard InChI is InChI=1S/C15H14Cl2N2O/c16-11-3-5-14(13(17)9-11)18-10-12-4-6-15(20-12)19-7-1-2-8-19/h3-6,9-10H,1-2,7-8H2. The first kappa shape index (κ1) is 13.5. The van der Waals surface area contributed by atoms with Crippen LogP contribution >= 0.6 is 23.2 Å². The van der Waals surface area contributed by atoms with Gasteiger partial charge in [-0.25, -0.2) is 0 Å². The number of anilines is 1. The van der Waals surface area contributed by atoms with E-state index in [9.17, 15) is 0 Å². The fraction of sp³-hybridized carbons (Fsp3) is 0.267. The second kappa shape index (κ2) is 5.90. The first-order valence-electron chi connectivity index (χ1n) is 6.56. The maximum atomic E-state index is 6.07. The Bertz CT molecular complexity index is 631. The van der Waals surface area contributed by atoms with Crippen molar-refractivity contribution in [1.29, 1.82) is 0 Å². The molecule has 1 aromatic carbocycles. The first-order chi connectivity index (χ1) is 9.72. The van der Waals surface area contributed by atoms with Gasteiger partial charge in [0.2, 0.25) is 0 Å². The largest absolute Gasteiger partial charge is 0.440 e. The van der Waals surface area contributed by atoms with E-state index >= 15 is 0 Å². The van der Waals surface area contributed by atoms with E-state index in [0.29, 0.717) is 15.7 Å². The SMILES string of the molecule is Clc1ccc(N=Cc2ccc(N3CCCC3)o2)c(Cl)c1. The van der Waals surface area contributed by atoms with E-state index in [-0.39, 0.29) is 0 Å². The maximum Gasteiger partial charge on any atom is 0.196 e. The zero-order chi connectivity index (χ0) is 13.9. The Balaban J connectivity index is 1.75. The van der Waals surface area contributed by atoms with Gasteiger partial charge in [-0.05, 0) is 37.1 Å². The van der Waals surface area contributed by atoms with Crippen LogP contribution in [0.4, 0.5) is 11.6 Å². The Morgan fingerprint density at radius 3 is 2.65 bits per heavy atom. The molecule has 0 unspecified atom stereocenters. The molecule has 0 N–H and O–H groups in total. The normalized spacial score (nSPS) is 15.4. The summed E-state index contributed by atoms with van der Waals surface area (Å²) in [4.78, 5) is 6.57. The zero-order valence-electron chi connectivity index (χ0n) is 10.9. The Labute approximate surface area is 127 Å². The van der Waals surface area contributed by atoms with Crippen LogP contribution in [0.1, 0.15) is 18.6 Å². The molecule has 3 rings (SSSR count). The lowest BCUT2D eigenvalue weighted by atomic mass is 10.3. The molecule has 20 heavy (non-hydrogen) atoms. The third-order valence-corrected chi connectivity index (χ3v) is 3.81. The van der Waals surface area contributed by atoms with Crippen LogP contribution in [0.25, 0.3) is 0 Å². The fourth-order valence-electron chi connectivity index (χ4n) is 2.24. The molecule has 0 radical (unpaired) electrons. The van der Waals surface area contributed by atoms with Gasteiger partial charge in [0.05, 0.1) is 16.9 Å². The van der Waals surface area contributed by atoms with E-state index in [1.54, 1.807) is 24.4 Å². The summed E-state index contributed by atoms with van der Waals surface area (Å²) in [5.74, 6) is 1.63. The number of rotatable bonds is 3. The lowest BCUT2D eigenvalue weighted by molar-refractivity contribution is 0.550. The van der Waals surface area contributed by atoms with Crippen molar-refractivity contribution in [2.24, 2.45) is 4.99 Å². The smallest absolute Gasteiger partial charge is 0.196 e. The summed E-state index contributed by atoms with van der Waals surface area (Å²) in [6.07, 6.45) is 4.13. The van der Waals surface area contributed by atoms with E-state index in [0.717, 1.165) is 24.7 Å². The van der Waals surface area contributed by atoms with E-state index in [1.807, 2.05) is 12.1 Å². The number of furan rings is 1. The van der Waals surface area contributed by atoms with E-state index in [2.05, 4.69) is 9.89 Å². The maximum absolute atomic E-state index is 6.07. The Hall–Kier alpha value is -1.45. The van der Waals surface area contributed by atoms with Crippen molar-refractivity contribution in [2.45, 2.75) is 12.8 Å². The summed E-state index contributed by atoms with van der Waals surface area (Å²) in [5, 5.41) is 1.13. The minimum Gasteiger partial charge on any atom is -0.440 e. The van der Waals surface area contributed by atoms with Crippen LogP contribution in [0.15, 0.2) is 39.7 Å². The quantitative estimate of drug-likeness (QED) is 0.752. The second-order valence-electron chi connectivity index (χ2n) is 4.72. The molecule has 1 aliphatic heterocycles. The van der Waals surface area contributed by atoms with Gasteiger partial charge in [0.25, 0.3) is 0 Å². The van der Waals surface area contributed by atoms with Crippen molar-refractivity contribution >= 4 is 41.0 Å². The van der Waals surface area contributed by atoms with Crippen LogP contribution < -0.4 is 4.90 Å². The lowest BCUT2D eigenvalue weighted by Gasteiger charge is -2.12. The fourth-order valence-corrected chi connectivity index (χ4v) is 2.70. The number of benzene rings is 1. The van der Waals surface area contributed by atoms with Gasteiger partial charge < -0.3 is 9.32 Å². The van der Waals surface area contributed by atoms with Crippen LogP contribution in [0.2, 0.25) is 10.0 Å². The van der Waals surface area contributed by atoms with Gasteiger partial charge in [-0.2, -0.15) is 0 Å². The molecule has 0 aliphatic carbocycles. The van der Waals surface area contributed by atoms with E-state index < -0.39 is 0 Å². The Morgan fingerprint density at radius 1 is 1.10 bits per heavy atom. The van der Waals surface area contributed by atoms with E-state index in [4.69, 9.17) is 27.6 Å². The molecule has 1 fully saturated rings. The van der Waals surface area contributed by atoms with Crippen LogP contribution in [-0.2, 0) is 0 Å². The highest BCUT2D eigenvalue weighted by Crippen LogP contribution is 2.28. The lowest BCUT2D eigenvalue weighted by Crippen LogP contribution is -2.16. The van der Waals surface area contributed by atoms with Gasteiger partial charge in [0.15, 0.2) is 5.88 Å². The third-order valence-electron chi connectivity index (χ3n) is 3.27. The van der Waals surface area contributed by atoms with Gasteiger partial charge in [-0.1, -0.05) is 23.2 Å². The average molecular weight is 309 g/mol. The summed E-state index contributed by atoms with van der Waals surface area (Å²) < 4.78 is 5.76. The molecule has 0 spiro atoms. The van der Waals surface area contributed by atoms with Crippen LogP contribution in [0, 0.1) is 0 Å². The van der Waals surface area contributed by atoms with Gasteiger partial charge in [0, 0.05) is 24.2 Å². The minimum atomic E-state index is 0.528. The summed E-state index contributed by atoms with van der Waals surface area (Å²) >= 11 is 11.9. The Morgan fingerprint density at radius 2 is 1.90 bits per heavy atom. The molecule has 1 saturated heterocycles. The van der Waals surface area contributed by atoms with Crippen LogP contribution in [0.3, 0.4) is 0 Å². The summed E-state index contributed by atoms with van der Waals surface area (Å²) in [5.41, 5.74) is 0.676. The third kappa shape index (κ3) is 3.00. The van der Waals surface area contributed by atoms with Crippen molar-refractivity contribution in [3.63, 3.8) is 0 Å². The predicted octanol–water partition coefficient (Wildman–Crippen LogP) is 4.94. The molecule has 3 nitrogen and oxygen atoms in total. The highest BCUT2D eigenvalue weighted by atomic mass is 35.5. The molecule has 1 aromatic heterocycles. The minimum absolute atomic E-state index is 0.528. The number of halogens is 2. The summed E-state index contributed by atoms with van der Waals surface area (Å²) in [7, 11) is 0. The molecular weight excluding hydrogens is 295 g/mol. The van der Waals surface area contributed by atoms with Gasteiger partial charge in [0.1, 0.15) is 5.76 Å². The monoisotopic (exact) mass is 308 g/mol. The van der Waals surface area contributed by atoms with Crippen molar-refractivity contribution in [2.75, 3.05) is 18.0 Å². The van der Waals surface area contributed by atoms with Crippen molar-refractivity contribution in [3.05, 3.63) is 46.1 Å². The molecule has 104 valence electrons. The molecule has 0 amide bonds. The van der Waals surface area contributed by atoms with Gasteiger partial charge >= 0.3 is 0 Å². The molecule has 2 aromatic rings. The molecule has 0 saturated carbocycles. The molecular formula is C15H14Cl2N2O. The zero-order valence-corrected chi connectivity index (χ0v) is 12.4. The number of aliphatic imine (C=N–C) groups is 1.